The predicted octanol–water partition coefficient (Wildman–Crippen LogP) is 2.63. The van der Waals surface area contributed by atoms with E-state index in [1.807, 2.05) is 6.92 Å². The van der Waals surface area contributed by atoms with Crippen LogP contribution in [0.4, 0.5) is 0 Å². The van der Waals surface area contributed by atoms with Crippen LogP contribution < -0.4 is 5.32 Å². The van der Waals surface area contributed by atoms with Gasteiger partial charge >= 0.3 is 0 Å². The molecule has 0 unspecified atom stereocenters. The van der Waals surface area contributed by atoms with Crippen LogP contribution in [0, 0.1) is 0 Å². The van der Waals surface area contributed by atoms with E-state index in [4.69, 9.17) is 20.8 Å². The van der Waals surface area contributed by atoms with Crippen LogP contribution >= 0.6 is 23.4 Å². The average molecular weight is 342 g/mol. The number of aromatic nitrogens is 2. The smallest absolute Gasteiger partial charge is 0.277 e. The van der Waals surface area contributed by atoms with E-state index in [2.05, 4.69) is 15.5 Å². The minimum absolute atomic E-state index is 0.0367. The van der Waals surface area contributed by atoms with Gasteiger partial charge in [-0.3, -0.25) is 4.79 Å². The molecule has 0 saturated carbocycles. The van der Waals surface area contributed by atoms with Crippen molar-refractivity contribution in [3.05, 3.63) is 29.3 Å². The Morgan fingerprint density at radius 2 is 2.14 bits per heavy atom. The molecule has 0 aliphatic carbocycles. The Morgan fingerprint density at radius 1 is 1.41 bits per heavy atom. The van der Waals surface area contributed by atoms with Gasteiger partial charge in [0.15, 0.2) is 0 Å². The van der Waals surface area contributed by atoms with Crippen molar-refractivity contribution >= 4 is 29.3 Å². The fraction of sp³-hybridized carbons (Fsp3) is 0.357. The van der Waals surface area contributed by atoms with Crippen molar-refractivity contribution in [2.45, 2.75) is 18.2 Å². The highest BCUT2D eigenvalue weighted by molar-refractivity contribution is 7.99. The number of carbonyl (C=O) groups is 1. The molecular weight excluding hydrogens is 326 g/mol. The van der Waals surface area contributed by atoms with Gasteiger partial charge in [-0.1, -0.05) is 23.4 Å². The second-order valence-electron chi connectivity index (χ2n) is 4.59. The van der Waals surface area contributed by atoms with Crippen molar-refractivity contribution in [3.8, 4) is 11.5 Å². The molecule has 0 fully saturated rings. The topological polar surface area (TPSA) is 77.2 Å². The molecule has 8 heteroatoms. The molecule has 0 aliphatic heterocycles. The second kappa shape index (κ2) is 8.17. The SMILES string of the molecule is COC[C@H](C)NC(=O)CSc1nnc(-c2ccc(Cl)cc2)o1. The summed E-state index contributed by atoms with van der Waals surface area (Å²) >= 11 is 7.02. The zero-order valence-electron chi connectivity index (χ0n) is 12.2. The van der Waals surface area contributed by atoms with Gasteiger partial charge in [0, 0.05) is 23.7 Å². The highest BCUT2D eigenvalue weighted by Crippen LogP contribution is 2.24. The van der Waals surface area contributed by atoms with Crippen LogP contribution in [0.3, 0.4) is 0 Å². The molecule has 1 N–H and O–H groups in total. The van der Waals surface area contributed by atoms with E-state index in [1.54, 1.807) is 31.4 Å². The number of benzene rings is 1. The predicted molar refractivity (Wildman–Crippen MR) is 84.9 cm³/mol. The van der Waals surface area contributed by atoms with Gasteiger partial charge in [0.1, 0.15) is 0 Å². The number of methoxy groups -OCH3 is 1. The number of thioether (sulfide) groups is 1. The summed E-state index contributed by atoms with van der Waals surface area (Å²) in [6.45, 7) is 2.34. The number of amides is 1. The van der Waals surface area contributed by atoms with Crippen molar-refractivity contribution in [2.24, 2.45) is 0 Å². The fourth-order valence-corrected chi connectivity index (χ4v) is 2.41. The van der Waals surface area contributed by atoms with Crippen molar-refractivity contribution < 1.29 is 13.9 Å². The third-order valence-electron chi connectivity index (χ3n) is 2.65. The van der Waals surface area contributed by atoms with Crippen LogP contribution in [-0.2, 0) is 9.53 Å². The third kappa shape index (κ3) is 5.01. The Morgan fingerprint density at radius 3 is 2.82 bits per heavy atom. The van der Waals surface area contributed by atoms with Crippen LogP contribution in [0.2, 0.25) is 5.02 Å². The maximum Gasteiger partial charge on any atom is 0.277 e. The normalized spacial score (nSPS) is 12.1. The number of nitrogens with zero attached hydrogens (tertiary/aromatic N) is 2. The maximum atomic E-state index is 11.7. The largest absolute Gasteiger partial charge is 0.411 e. The Hall–Kier alpha value is -1.57. The van der Waals surface area contributed by atoms with E-state index in [9.17, 15) is 4.79 Å². The van der Waals surface area contributed by atoms with Gasteiger partial charge in [-0.15, -0.1) is 10.2 Å². The van der Waals surface area contributed by atoms with E-state index < -0.39 is 0 Å². The summed E-state index contributed by atoms with van der Waals surface area (Å²) in [4.78, 5) is 11.7. The summed E-state index contributed by atoms with van der Waals surface area (Å²) in [5, 5.41) is 11.7. The lowest BCUT2D eigenvalue weighted by Gasteiger charge is -2.11. The molecule has 22 heavy (non-hydrogen) atoms. The molecule has 1 heterocycles. The molecule has 1 amide bonds. The number of hydrogen-bond donors (Lipinski definition) is 1. The quantitative estimate of drug-likeness (QED) is 0.780. The number of nitrogens with one attached hydrogen (secondary N) is 1. The number of ether oxygens (including phenoxy) is 1. The summed E-state index contributed by atoms with van der Waals surface area (Å²) in [6.07, 6.45) is 0. The lowest BCUT2D eigenvalue weighted by Crippen LogP contribution is -2.36. The monoisotopic (exact) mass is 341 g/mol. The van der Waals surface area contributed by atoms with E-state index >= 15 is 0 Å². The second-order valence-corrected chi connectivity index (χ2v) is 5.96. The summed E-state index contributed by atoms with van der Waals surface area (Å²) in [5.74, 6) is 0.490. The molecule has 118 valence electrons. The van der Waals surface area contributed by atoms with Crippen LogP contribution in [-0.4, -0.2) is 41.6 Å². The molecule has 1 aromatic heterocycles. The summed E-state index contributed by atoms with van der Waals surface area (Å²) < 4.78 is 10.5. The van der Waals surface area contributed by atoms with Gasteiger partial charge in [0.25, 0.3) is 5.22 Å². The van der Waals surface area contributed by atoms with Crippen LogP contribution in [0.1, 0.15) is 6.92 Å². The first kappa shape index (κ1) is 16.8. The molecule has 2 aromatic rings. The molecule has 6 nitrogen and oxygen atoms in total. The van der Waals surface area contributed by atoms with Gasteiger partial charge in [-0.25, -0.2) is 0 Å². The van der Waals surface area contributed by atoms with E-state index in [0.717, 1.165) is 5.56 Å². The van der Waals surface area contributed by atoms with Crippen LogP contribution in [0.15, 0.2) is 33.9 Å². The van der Waals surface area contributed by atoms with Crippen molar-refractivity contribution in [2.75, 3.05) is 19.5 Å². The highest BCUT2D eigenvalue weighted by Gasteiger charge is 2.12. The number of hydrogen-bond acceptors (Lipinski definition) is 6. The van der Waals surface area contributed by atoms with Gasteiger partial charge < -0.3 is 14.5 Å². The van der Waals surface area contributed by atoms with Crippen LogP contribution in [0.25, 0.3) is 11.5 Å². The molecule has 0 saturated heterocycles. The lowest BCUT2D eigenvalue weighted by molar-refractivity contribution is -0.119. The van der Waals surface area contributed by atoms with Crippen molar-refractivity contribution in [1.29, 1.82) is 0 Å². The van der Waals surface area contributed by atoms with Crippen molar-refractivity contribution in [1.82, 2.24) is 15.5 Å². The van der Waals surface area contributed by atoms with Crippen LogP contribution in [0.5, 0.6) is 0 Å². The first-order valence-corrected chi connectivity index (χ1v) is 7.95. The van der Waals surface area contributed by atoms with Crippen molar-refractivity contribution in [3.63, 3.8) is 0 Å². The molecular formula is C14H16ClN3O3S. The Balaban J connectivity index is 1.87. The fourth-order valence-electron chi connectivity index (χ4n) is 1.71. The first-order valence-electron chi connectivity index (χ1n) is 6.59. The zero-order chi connectivity index (χ0) is 15.9. The van der Waals surface area contributed by atoms with E-state index in [-0.39, 0.29) is 17.7 Å². The van der Waals surface area contributed by atoms with Gasteiger partial charge in [0.2, 0.25) is 11.8 Å². The molecule has 0 bridgehead atoms. The minimum Gasteiger partial charge on any atom is -0.411 e. The Kier molecular flexibility index (Phi) is 6.23. The Labute approximate surface area is 137 Å². The van der Waals surface area contributed by atoms with Gasteiger partial charge in [-0.05, 0) is 31.2 Å². The summed E-state index contributed by atoms with van der Waals surface area (Å²) in [7, 11) is 1.59. The lowest BCUT2D eigenvalue weighted by atomic mass is 10.2. The molecule has 0 aliphatic rings. The summed E-state index contributed by atoms with van der Waals surface area (Å²) in [5.41, 5.74) is 0.780. The zero-order valence-corrected chi connectivity index (χ0v) is 13.8. The molecule has 1 atom stereocenters. The van der Waals surface area contributed by atoms with Gasteiger partial charge in [0.05, 0.1) is 12.4 Å². The molecule has 1 aromatic carbocycles. The highest BCUT2D eigenvalue weighted by atomic mass is 35.5. The first-order chi connectivity index (χ1) is 10.6. The molecule has 0 spiro atoms. The maximum absolute atomic E-state index is 11.7. The van der Waals surface area contributed by atoms with Gasteiger partial charge in [-0.2, -0.15) is 0 Å². The number of carbonyl (C=O) groups excluding carboxylic acids is 1. The Bertz CT molecular complexity index is 618. The minimum atomic E-state index is -0.110. The number of halogens is 1. The van der Waals surface area contributed by atoms with E-state index in [1.165, 1.54) is 11.8 Å². The standard InChI is InChI=1S/C14H16ClN3O3S/c1-9(7-20-2)16-12(19)8-22-14-18-17-13(21-14)10-3-5-11(15)6-4-10/h3-6,9H,7-8H2,1-2H3,(H,16,19)/t9-/m0/s1. The van der Waals surface area contributed by atoms with E-state index in [0.29, 0.717) is 22.7 Å². The molecule has 0 radical (unpaired) electrons. The average Bonchev–Trinajstić information content (AvgIpc) is 2.95. The third-order valence-corrected chi connectivity index (χ3v) is 3.72. The number of rotatable bonds is 7. The summed E-state index contributed by atoms with van der Waals surface area (Å²) in [6, 6.07) is 7.05. The molecule has 2 rings (SSSR count).